The summed E-state index contributed by atoms with van der Waals surface area (Å²) in [6.45, 7) is 7.48. The van der Waals surface area contributed by atoms with E-state index in [-0.39, 0.29) is 5.97 Å². The number of rotatable bonds is 6. The van der Waals surface area contributed by atoms with Crippen molar-refractivity contribution in [3.05, 3.63) is 0 Å². The van der Waals surface area contributed by atoms with E-state index in [4.69, 9.17) is 4.74 Å². The molecule has 1 saturated carbocycles. The number of hydrogen-bond acceptors (Lipinski definition) is 3. The molecular weight excluding hydrogens is 238 g/mol. The average molecular weight is 269 g/mol. The van der Waals surface area contributed by atoms with Gasteiger partial charge in [0.25, 0.3) is 0 Å². The molecule has 1 N–H and O–H groups in total. The molecule has 1 aliphatic rings. The zero-order valence-electron chi connectivity index (χ0n) is 13.1. The fourth-order valence-electron chi connectivity index (χ4n) is 3.16. The van der Waals surface area contributed by atoms with Gasteiger partial charge in [0, 0.05) is 0 Å². The third-order valence-corrected chi connectivity index (χ3v) is 4.32. The molecule has 3 nitrogen and oxygen atoms in total. The minimum absolute atomic E-state index is 0.0645. The van der Waals surface area contributed by atoms with Crippen LogP contribution in [0, 0.1) is 11.8 Å². The molecular formula is C16H31NO2. The van der Waals surface area contributed by atoms with E-state index in [1.807, 2.05) is 0 Å². The maximum absolute atomic E-state index is 12.2. The lowest BCUT2D eigenvalue weighted by Gasteiger charge is -2.32. The number of carbonyl (C=O) groups excluding carboxylic acids is 1. The standard InChI is InChI=1S/C16H31NO2/c1-5-7-14-8-6-10-16(11-9-14,15(18)19-4)17-12-13(2)3/h13-14,17H,5-12H2,1-4H3. The minimum Gasteiger partial charge on any atom is -0.468 e. The Balaban J connectivity index is 2.71. The largest absolute Gasteiger partial charge is 0.468 e. The molecule has 0 aromatic rings. The lowest BCUT2D eigenvalue weighted by Crippen LogP contribution is -2.53. The average Bonchev–Trinajstić information content (AvgIpc) is 2.60. The fourth-order valence-corrected chi connectivity index (χ4v) is 3.16. The number of hydrogen-bond donors (Lipinski definition) is 1. The van der Waals surface area contributed by atoms with Gasteiger partial charge in [-0.15, -0.1) is 0 Å². The Morgan fingerprint density at radius 1 is 1.37 bits per heavy atom. The highest BCUT2D eigenvalue weighted by Gasteiger charge is 2.40. The molecule has 3 heteroatoms. The van der Waals surface area contributed by atoms with Crippen LogP contribution in [0.2, 0.25) is 0 Å². The predicted octanol–water partition coefficient (Wildman–Crippen LogP) is 3.52. The molecule has 2 unspecified atom stereocenters. The topological polar surface area (TPSA) is 38.3 Å². The van der Waals surface area contributed by atoms with Crippen LogP contribution in [0.1, 0.15) is 65.7 Å². The predicted molar refractivity (Wildman–Crippen MR) is 79.1 cm³/mol. The van der Waals surface area contributed by atoms with Crippen molar-refractivity contribution in [3.8, 4) is 0 Å². The molecule has 0 aliphatic heterocycles. The smallest absolute Gasteiger partial charge is 0.326 e. The molecule has 0 bridgehead atoms. The molecule has 0 aromatic carbocycles. The molecule has 1 aliphatic carbocycles. The van der Waals surface area contributed by atoms with Crippen molar-refractivity contribution >= 4 is 5.97 Å². The maximum Gasteiger partial charge on any atom is 0.326 e. The van der Waals surface area contributed by atoms with Gasteiger partial charge in [0.15, 0.2) is 0 Å². The quantitative estimate of drug-likeness (QED) is 0.592. The van der Waals surface area contributed by atoms with Crippen molar-refractivity contribution in [3.63, 3.8) is 0 Å². The second-order valence-electron chi connectivity index (χ2n) is 6.43. The zero-order valence-corrected chi connectivity index (χ0v) is 13.1. The van der Waals surface area contributed by atoms with Gasteiger partial charge in [-0.2, -0.15) is 0 Å². The monoisotopic (exact) mass is 269 g/mol. The minimum atomic E-state index is -0.429. The van der Waals surface area contributed by atoms with Crippen LogP contribution in [0.4, 0.5) is 0 Å². The summed E-state index contributed by atoms with van der Waals surface area (Å²) in [4.78, 5) is 12.2. The van der Waals surface area contributed by atoms with E-state index in [1.165, 1.54) is 26.4 Å². The molecule has 0 aromatic heterocycles. The van der Waals surface area contributed by atoms with E-state index in [2.05, 4.69) is 26.1 Å². The zero-order chi connectivity index (χ0) is 14.3. The first kappa shape index (κ1) is 16.5. The number of esters is 1. The molecule has 0 heterocycles. The van der Waals surface area contributed by atoms with E-state index >= 15 is 0 Å². The lowest BCUT2D eigenvalue weighted by molar-refractivity contribution is -0.149. The van der Waals surface area contributed by atoms with Crippen molar-refractivity contribution < 1.29 is 9.53 Å². The Kier molecular flexibility index (Phi) is 6.84. The number of nitrogens with one attached hydrogen (secondary N) is 1. The van der Waals surface area contributed by atoms with Crippen molar-refractivity contribution in [1.29, 1.82) is 0 Å². The van der Waals surface area contributed by atoms with Gasteiger partial charge in [-0.25, -0.2) is 0 Å². The van der Waals surface area contributed by atoms with Crippen LogP contribution in [0.5, 0.6) is 0 Å². The molecule has 0 saturated heterocycles. The number of methoxy groups -OCH3 is 1. The number of carbonyl (C=O) groups is 1. The highest BCUT2D eigenvalue weighted by molar-refractivity contribution is 5.80. The van der Waals surface area contributed by atoms with E-state index in [0.29, 0.717) is 5.92 Å². The highest BCUT2D eigenvalue weighted by atomic mass is 16.5. The summed E-state index contributed by atoms with van der Waals surface area (Å²) in [6, 6.07) is 0. The van der Waals surface area contributed by atoms with Gasteiger partial charge in [0.05, 0.1) is 7.11 Å². The lowest BCUT2D eigenvalue weighted by atomic mass is 9.88. The molecule has 112 valence electrons. The van der Waals surface area contributed by atoms with Gasteiger partial charge >= 0.3 is 5.97 Å². The van der Waals surface area contributed by atoms with Crippen LogP contribution < -0.4 is 5.32 Å². The van der Waals surface area contributed by atoms with Crippen LogP contribution in [0.3, 0.4) is 0 Å². The Bertz CT molecular complexity index is 278. The second kappa shape index (κ2) is 7.88. The van der Waals surface area contributed by atoms with Crippen LogP contribution in [0.15, 0.2) is 0 Å². The summed E-state index contributed by atoms with van der Waals surface area (Å²) in [6.07, 6.45) is 7.93. The maximum atomic E-state index is 12.2. The summed E-state index contributed by atoms with van der Waals surface area (Å²) in [5.41, 5.74) is -0.429. The van der Waals surface area contributed by atoms with Crippen molar-refractivity contribution in [2.75, 3.05) is 13.7 Å². The second-order valence-corrected chi connectivity index (χ2v) is 6.43. The van der Waals surface area contributed by atoms with E-state index in [9.17, 15) is 4.79 Å². The van der Waals surface area contributed by atoms with Gasteiger partial charge in [0.2, 0.25) is 0 Å². The molecule has 19 heavy (non-hydrogen) atoms. The van der Waals surface area contributed by atoms with Crippen LogP contribution >= 0.6 is 0 Å². The number of ether oxygens (including phenoxy) is 1. The summed E-state index contributed by atoms with van der Waals surface area (Å²) in [5.74, 6) is 1.28. The third kappa shape index (κ3) is 4.79. The fraction of sp³-hybridized carbons (Fsp3) is 0.938. The molecule has 2 atom stereocenters. The van der Waals surface area contributed by atoms with Gasteiger partial charge in [0.1, 0.15) is 5.54 Å². The summed E-state index contributed by atoms with van der Waals surface area (Å²) in [5, 5.41) is 3.51. The molecule has 1 rings (SSSR count). The third-order valence-electron chi connectivity index (χ3n) is 4.32. The Hall–Kier alpha value is -0.570. The first-order valence-electron chi connectivity index (χ1n) is 7.87. The first-order chi connectivity index (χ1) is 9.04. The summed E-state index contributed by atoms with van der Waals surface area (Å²) < 4.78 is 5.07. The van der Waals surface area contributed by atoms with Gasteiger partial charge in [-0.3, -0.25) is 4.79 Å². The van der Waals surface area contributed by atoms with Gasteiger partial charge in [-0.05, 0) is 37.6 Å². The van der Waals surface area contributed by atoms with Crippen molar-refractivity contribution in [2.24, 2.45) is 11.8 Å². The molecule has 0 amide bonds. The normalized spacial score (nSPS) is 28.2. The first-order valence-corrected chi connectivity index (χ1v) is 7.87. The van der Waals surface area contributed by atoms with Crippen LogP contribution in [-0.2, 0) is 9.53 Å². The molecule has 0 spiro atoms. The van der Waals surface area contributed by atoms with Crippen molar-refractivity contribution in [1.82, 2.24) is 5.32 Å². The van der Waals surface area contributed by atoms with Crippen molar-refractivity contribution in [2.45, 2.75) is 71.3 Å². The molecule has 0 radical (unpaired) electrons. The molecule has 1 fully saturated rings. The van der Waals surface area contributed by atoms with Gasteiger partial charge in [-0.1, -0.05) is 46.5 Å². The van der Waals surface area contributed by atoms with E-state index < -0.39 is 5.54 Å². The Labute approximate surface area is 118 Å². The van der Waals surface area contributed by atoms with E-state index in [1.54, 1.807) is 0 Å². The SMILES string of the molecule is CCCC1CCCC(NCC(C)C)(C(=O)OC)CC1. The van der Waals surface area contributed by atoms with Gasteiger partial charge < -0.3 is 10.1 Å². The summed E-state index contributed by atoms with van der Waals surface area (Å²) >= 11 is 0. The van der Waals surface area contributed by atoms with Crippen LogP contribution in [-0.4, -0.2) is 25.2 Å². The van der Waals surface area contributed by atoms with E-state index in [0.717, 1.165) is 38.1 Å². The van der Waals surface area contributed by atoms with Crippen LogP contribution in [0.25, 0.3) is 0 Å². The Morgan fingerprint density at radius 3 is 2.68 bits per heavy atom. The summed E-state index contributed by atoms with van der Waals surface area (Å²) in [7, 11) is 1.51. The highest BCUT2D eigenvalue weighted by Crippen LogP contribution is 2.33. The Morgan fingerprint density at radius 2 is 2.11 bits per heavy atom.